The van der Waals surface area contributed by atoms with Crippen molar-refractivity contribution < 1.29 is 14.7 Å². The average Bonchev–Trinajstić information content (AvgIpc) is 2.64. The Hall–Kier alpha value is -3.74. The smallest absolute Gasteiger partial charge is 0.352 e. The number of aromatic nitrogens is 2. The molecule has 3 rings (SSSR count). The van der Waals surface area contributed by atoms with Gasteiger partial charge in [0.25, 0.3) is 5.56 Å². The molecule has 7 nitrogen and oxygen atoms in total. The molecule has 0 radical (unpaired) electrons. The fourth-order valence-corrected chi connectivity index (χ4v) is 2.65. The van der Waals surface area contributed by atoms with E-state index < -0.39 is 22.9 Å². The van der Waals surface area contributed by atoms with E-state index in [0.29, 0.717) is 16.7 Å². The van der Waals surface area contributed by atoms with E-state index in [4.69, 9.17) is 0 Å². The third-order valence-electron chi connectivity index (χ3n) is 3.86. The number of carboxylic acid groups (broad SMARTS) is 1. The minimum absolute atomic E-state index is 0.0380. The predicted octanol–water partition coefficient (Wildman–Crippen LogP) is 1.58. The van der Waals surface area contributed by atoms with Gasteiger partial charge >= 0.3 is 11.7 Å². The van der Waals surface area contributed by atoms with Gasteiger partial charge in [-0.3, -0.25) is 14.6 Å². The highest BCUT2D eigenvalue weighted by molar-refractivity contribution is 6.09. The van der Waals surface area contributed by atoms with Crippen LogP contribution >= 0.6 is 0 Å². The summed E-state index contributed by atoms with van der Waals surface area (Å²) in [4.78, 5) is 51.3. The molecule has 1 aromatic heterocycles. The van der Waals surface area contributed by atoms with Crippen LogP contribution in [0.5, 0.6) is 0 Å². The second-order valence-corrected chi connectivity index (χ2v) is 5.64. The Morgan fingerprint density at radius 2 is 1.58 bits per heavy atom. The molecule has 0 atom stereocenters. The number of carbonyl (C=O) groups excluding carboxylic acids is 1. The van der Waals surface area contributed by atoms with Crippen molar-refractivity contribution in [1.29, 1.82) is 0 Å². The van der Waals surface area contributed by atoms with Crippen molar-refractivity contribution in [3.8, 4) is 0 Å². The van der Waals surface area contributed by atoms with Gasteiger partial charge in [-0.25, -0.2) is 9.59 Å². The fraction of sp³-hybridized carbons (Fsp3) is 0.0526. The topological polar surface area (TPSA) is 120 Å². The molecular formula is C19H14N2O5. The quantitative estimate of drug-likeness (QED) is 0.604. The average molecular weight is 350 g/mol. The van der Waals surface area contributed by atoms with Crippen LogP contribution in [0.15, 0.2) is 64.2 Å². The van der Waals surface area contributed by atoms with Crippen LogP contribution in [0.2, 0.25) is 0 Å². The number of aromatic carboxylic acids is 1. The number of carbonyl (C=O) groups is 2. The lowest BCUT2D eigenvalue weighted by molar-refractivity contribution is 0.0688. The van der Waals surface area contributed by atoms with E-state index in [1.807, 2.05) is 11.1 Å². The van der Waals surface area contributed by atoms with E-state index >= 15 is 0 Å². The number of carboxylic acids is 1. The summed E-state index contributed by atoms with van der Waals surface area (Å²) >= 11 is 0. The van der Waals surface area contributed by atoms with Gasteiger partial charge in [0.1, 0.15) is 5.69 Å². The molecule has 1 heterocycles. The molecule has 2 aromatic carbocycles. The summed E-state index contributed by atoms with van der Waals surface area (Å²) in [5.41, 5.74) is -0.675. The molecule has 0 spiro atoms. The second kappa shape index (κ2) is 7.02. The van der Waals surface area contributed by atoms with Crippen molar-refractivity contribution in [3.05, 3.63) is 103 Å². The summed E-state index contributed by atoms with van der Waals surface area (Å²) in [6.07, 6.45) is -0.0380. The van der Waals surface area contributed by atoms with Gasteiger partial charge in [-0.1, -0.05) is 48.5 Å². The van der Waals surface area contributed by atoms with Crippen molar-refractivity contribution >= 4 is 11.8 Å². The molecule has 3 N–H and O–H groups in total. The third-order valence-corrected chi connectivity index (χ3v) is 3.86. The van der Waals surface area contributed by atoms with Crippen LogP contribution in [-0.2, 0) is 6.42 Å². The number of hydrogen-bond donors (Lipinski definition) is 3. The number of ketones is 1. The molecule has 0 saturated heterocycles. The van der Waals surface area contributed by atoms with Crippen molar-refractivity contribution in [2.24, 2.45) is 0 Å². The van der Waals surface area contributed by atoms with Gasteiger partial charge in [0.2, 0.25) is 0 Å². The van der Waals surface area contributed by atoms with Crippen molar-refractivity contribution in [1.82, 2.24) is 9.97 Å². The molecule has 3 aromatic rings. The van der Waals surface area contributed by atoms with E-state index in [9.17, 15) is 24.3 Å². The number of benzene rings is 2. The molecule has 0 aliphatic heterocycles. The van der Waals surface area contributed by atoms with Gasteiger partial charge in [-0.05, 0) is 11.6 Å². The largest absolute Gasteiger partial charge is 0.477 e. The standard InChI is InChI=1S/C19H14N2O5/c22-16(12-6-2-1-3-7-12)13-8-4-5-11(9-13)10-14-15(18(24)25)20-19(26)21-17(14)23/h1-9H,10H2,(H,24,25)(H2,20,21,23,26). The zero-order chi connectivity index (χ0) is 18.7. The molecule has 0 saturated carbocycles. The summed E-state index contributed by atoms with van der Waals surface area (Å²) in [6.45, 7) is 0. The summed E-state index contributed by atoms with van der Waals surface area (Å²) in [5.74, 6) is -1.58. The molecule has 0 amide bonds. The molecule has 7 heteroatoms. The number of H-pyrrole nitrogens is 2. The molecule has 0 bridgehead atoms. The first-order chi connectivity index (χ1) is 12.5. The number of hydrogen-bond acceptors (Lipinski definition) is 4. The normalized spacial score (nSPS) is 10.5. The SMILES string of the molecule is O=C(c1ccccc1)c1cccc(Cc2c(C(=O)O)[nH]c(=O)[nH]c2=O)c1. The Kier molecular flexibility index (Phi) is 4.62. The number of rotatable bonds is 5. The van der Waals surface area contributed by atoms with Crippen LogP contribution in [0.3, 0.4) is 0 Å². The number of nitrogens with one attached hydrogen (secondary N) is 2. The van der Waals surface area contributed by atoms with E-state index in [1.54, 1.807) is 48.5 Å². The molecular weight excluding hydrogens is 336 g/mol. The lowest BCUT2D eigenvalue weighted by Crippen LogP contribution is -2.30. The highest BCUT2D eigenvalue weighted by atomic mass is 16.4. The lowest BCUT2D eigenvalue weighted by Gasteiger charge is -2.07. The van der Waals surface area contributed by atoms with Crippen molar-refractivity contribution in [2.75, 3.05) is 0 Å². The van der Waals surface area contributed by atoms with Gasteiger partial charge in [-0.2, -0.15) is 0 Å². The number of aromatic amines is 2. The molecule has 130 valence electrons. The summed E-state index contributed by atoms with van der Waals surface area (Å²) in [6, 6.07) is 15.3. The zero-order valence-electron chi connectivity index (χ0n) is 13.5. The predicted molar refractivity (Wildman–Crippen MR) is 93.8 cm³/mol. The maximum absolute atomic E-state index is 12.5. The van der Waals surface area contributed by atoms with Gasteiger partial charge in [0.05, 0.1) is 5.56 Å². The Bertz CT molecular complexity index is 1100. The van der Waals surface area contributed by atoms with Gasteiger partial charge in [-0.15, -0.1) is 0 Å². The highest BCUT2D eigenvalue weighted by Gasteiger charge is 2.17. The van der Waals surface area contributed by atoms with E-state index in [-0.39, 0.29) is 17.8 Å². The Labute approximate surface area is 147 Å². The molecule has 0 unspecified atom stereocenters. The maximum Gasteiger partial charge on any atom is 0.352 e. The van der Waals surface area contributed by atoms with E-state index in [2.05, 4.69) is 4.98 Å². The highest BCUT2D eigenvalue weighted by Crippen LogP contribution is 2.14. The lowest BCUT2D eigenvalue weighted by atomic mass is 9.98. The Morgan fingerprint density at radius 3 is 2.27 bits per heavy atom. The maximum atomic E-state index is 12.5. The molecule has 26 heavy (non-hydrogen) atoms. The first-order valence-electron chi connectivity index (χ1n) is 7.73. The first kappa shape index (κ1) is 17.1. The fourth-order valence-electron chi connectivity index (χ4n) is 2.65. The van der Waals surface area contributed by atoms with Crippen LogP contribution in [0.25, 0.3) is 0 Å². The van der Waals surface area contributed by atoms with E-state index in [1.165, 1.54) is 0 Å². The van der Waals surface area contributed by atoms with Crippen molar-refractivity contribution in [3.63, 3.8) is 0 Å². The van der Waals surface area contributed by atoms with Gasteiger partial charge < -0.3 is 10.1 Å². The summed E-state index contributed by atoms with van der Waals surface area (Å²) in [5, 5.41) is 9.21. The second-order valence-electron chi connectivity index (χ2n) is 5.64. The molecule has 0 aliphatic carbocycles. The third kappa shape index (κ3) is 3.51. The zero-order valence-corrected chi connectivity index (χ0v) is 13.5. The monoisotopic (exact) mass is 350 g/mol. The van der Waals surface area contributed by atoms with Crippen LogP contribution in [0, 0.1) is 0 Å². The van der Waals surface area contributed by atoms with Gasteiger partial charge in [0.15, 0.2) is 5.78 Å². The van der Waals surface area contributed by atoms with Crippen LogP contribution in [-0.4, -0.2) is 26.8 Å². The molecule has 0 fully saturated rings. The van der Waals surface area contributed by atoms with Crippen LogP contribution < -0.4 is 11.2 Å². The van der Waals surface area contributed by atoms with E-state index in [0.717, 1.165) is 0 Å². The van der Waals surface area contributed by atoms with Gasteiger partial charge in [0, 0.05) is 17.5 Å². The van der Waals surface area contributed by atoms with Crippen LogP contribution in [0.4, 0.5) is 0 Å². The minimum Gasteiger partial charge on any atom is -0.477 e. The summed E-state index contributed by atoms with van der Waals surface area (Å²) < 4.78 is 0. The Morgan fingerprint density at radius 1 is 0.885 bits per heavy atom. The molecule has 0 aliphatic rings. The van der Waals surface area contributed by atoms with Crippen LogP contribution in [0.1, 0.15) is 37.5 Å². The first-order valence-corrected chi connectivity index (χ1v) is 7.73. The Balaban J connectivity index is 1.98. The van der Waals surface area contributed by atoms with Crippen molar-refractivity contribution in [2.45, 2.75) is 6.42 Å². The minimum atomic E-state index is -1.40. The summed E-state index contributed by atoms with van der Waals surface area (Å²) in [7, 11) is 0.